The summed E-state index contributed by atoms with van der Waals surface area (Å²) >= 11 is 6.34. The van der Waals surface area contributed by atoms with Gasteiger partial charge in [-0.1, -0.05) is 29.8 Å². The minimum Gasteiger partial charge on any atom is -0.477 e. The lowest BCUT2D eigenvalue weighted by atomic mass is 9.99. The second kappa shape index (κ2) is 7.79. The van der Waals surface area contributed by atoms with E-state index in [2.05, 4.69) is 15.0 Å². The number of aromatic nitrogens is 4. The molecule has 0 aliphatic rings. The maximum atomic E-state index is 12.4. The van der Waals surface area contributed by atoms with E-state index in [4.69, 9.17) is 16.7 Å². The van der Waals surface area contributed by atoms with E-state index in [1.807, 2.05) is 30.3 Å². The van der Waals surface area contributed by atoms with Crippen LogP contribution in [0.4, 0.5) is 0 Å². The number of benzene rings is 1. The molecule has 1 N–H and O–H groups in total. The van der Waals surface area contributed by atoms with E-state index in [1.54, 1.807) is 36.9 Å². The molecule has 162 valence electrons. The summed E-state index contributed by atoms with van der Waals surface area (Å²) in [5.41, 5.74) is 4.11. The fourth-order valence-corrected chi connectivity index (χ4v) is 4.18. The highest BCUT2D eigenvalue weighted by atomic mass is 35.5. The Morgan fingerprint density at radius 2 is 1.85 bits per heavy atom. The van der Waals surface area contributed by atoms with E-state index in [-0.39, 0.29) is 11.3 Å². The maximum absolute atomic E-state index is 12.4. The number of hydrogen-bond acceptors (Lipinski definition) is 5. The second-order valence-corrected chi connectivity index (χ2v) is 8.14. The smallest absolute Gasteiger partial charge is 0.354 e. The van der Waals surface area contributed by atoms with Crippen LogP contribution in [0.5, 0.6) is 0 Å². The Kier molecular flexibility index (Phi) is 4.91. The van der Waals surface area contributed by atoms with E-state index in [0.29, 0.717) is 33.2 Å². The molecule has 8 heteroatoms. The van der Waals surface area contributed by atoms with Gasteiger partial charge in [0.2, 0.25) is 0 Å². The topological polar surface area (TPSA) is 98.0 Å². The monoisotopic (exact) mass is 456 g/mol. The number of pyridine rings is 4. The summed E-state index contributed by atoms with van der Waals surface area (Å²) in [6.45, 7) is 1.78. The van der Waals surface area contributed by atoms with Gasteiger partial charge in [-0.3, -0.25) is 9.78 Å². The van der Waals surface area contributed by atoms with Gasteiger partial charge in [0, 0.05) is 46.9 Å². The Balaban J connectivity index is 1.71. The number of carboxylic acids is 1. The number of aryl methyl sites for hydroxylation is 2. The van der Waals surface area contributed by atoms with Crippen molar-refractivity contribution in [1.29, 1.82) is 0 Å². The quantitative estimate of drug-likeness (QED) is 0.389. The van der Waals surface area contributed by atoms with E-state index >= 15 is 0 Å². The average molecular weight is 457 g/mol. The molecule has 0 saturated heterocycles. The molecular formula is C25H17ClN4O3. The van der Waals surface area contributed by atoms with E-state index in [1.165, 1.54) is 12.3 Å². The van der Waals surface area contributed by atoms with E-state index in [0.717, 1.165) is 21.7 Å². The van der Waals surface area contributed by atoms with Gasteiger partial charge in [-0.05, 0) is 42.6 Å². The average Bonchev–Trinajstić information content (AvgIpc) is 2.82. The van der Waals surface area contributed by atoms with E-state index in [9.17, 15) is 9.59 Å². The first-order chi connectivity index (χ1) is 15.8. The molecule has 0 fully saturated rings. The summed E-state index contributed by atoms with van der Waals surface area (Å²) in [5, 5.41) is 12.0. The number of fused-ring (bicyclic) bond motifs is 2. The van der Waals surface area contributed by atoms with Gasteiger partial charge in [-0.15, -0.1) is 0 Å². The van der Waals surface area contributed by atoms with Crippen LogP contribution in [-0.4, -0.2) is 30.6 Å². The predicted octanol–water partition coefficient (Wildman–Crippen LogP) is 4.87. The number of hydrogen-bond donors (Lipinski definition) is 1. The third-order valence-corrected chi connectivity index (χ3v) is 5.86. The van der Waals surface area contributed by atoms with Crippen molar-refractivity contribution in [1.82, 2.24) is 19.5 Å². The zero-order valence-electron chi connectivity index (χ0n) is 17.7. The molecule has 4 heterocycles. The normalized spacial score (nSPS) is 11.2. The summed E-state index contributed by atoms with van der Waals surface area (Å²) < 4.78 is 1.58. The summed E-state index contributed by atoms with van der Waals surface area (Å²) in [6.07, 6.45) is 3.26. The Bertz CT molecular complexity index is 1640. The molecule has 0 bridgehead atoms. The molecule has 5 aromatic rings. The highest BCUT2D eigenvalue weighted by Crippen LogP contribution is 2.34. The van der Waals surface area contributed by atoms with Crippen molar-refractivity contribution < 1.29 is 9.90 Å². The van der Waals surface area contributed by atoms with Crippen molar-refractivity contribution in [2.45, 2.75) is 6.92 Å². The van der Waals surface area contributed by atoms with Gasteiger partial charge in [-0.25, -0.2) is 14.8 Å². The molecule has 7 nitrogen and oxygen atoms in total. The molecular weight excluding hydrogens is 440 g/mol. The van der Waals surface area contributed by atoms with Crippen LogP contribution in [0.15, 0.2) is 65.7 Å². The standard InChI is InChI=1S/C25H17ClN4O3/c1-13-8-17-21(30(2)24(13)31)10-22(26)29-23(17)16-5-3-4-14-9-20(28-12-18(14)16)15-6-7-19(25(32)33)27-11-15/h3-12H,1-2H3,(H,32,33). The van der Waals surface area contributed by atoms with Gasteiger partial charge in [0.25, 0.3) is 5.56 Å². The molecule has 0 spiro atoms. The molecule has 4 aromatic heterocycles. The number of carboxylic acid groups (broad SMARTS) is 1. The molecule has 0 radical (unpaired) electrons. The molecule has 0 atom stereocenters. The number of carbonyl (C=O) groups is 1. The zero-order chi connectivity index (χ0) is 23.3. The fourth-order valence-electron chi connectivity index (χ4n) is 4.00. The van der Waals surface area contributed by atoms with Crippen LogP contribution in [0.2, 0.25) is 5.15 Å². The first-order valence-electron chi connectivity index (χ1n) is 10.1. The van der Waals surface area contributed by atoms with Gasteiger partial charge in [0.05, 0.1) is 16.9 Å². The third-order valence-electron chi connectivity index (χ3n) is 5.67. The van der Waals surface area contributed by atoms with Crippen molar-refractivity contribution >= 4 is 39.2 Å². The minimum absolute atomic E-state index is 0.0228. The van der Waals surface area contributed by atoms with Crippen molar-refractivity contribution in [3.63, 3.8) is 0 Å². The second-order valence-electron chi connectivity index (χ2n) is 7.75. The molecule has 0 aliphatic carbocycles. The largest absolute Gasteiger partial charge is 0.477 e. The highest BCUT2D eigenvalue weighted by molar-refractivity contribution is 6.30. The number of halogens is 1. The van der Waals surface area contributed by atoms with Crippen molar-refractivity contribution in [2.75, 3.05) is 0 Å². The van der Waals surface area contributed by atoms with Gasteiger partial charge < -0.3 is 9.67 Å². The summed E-state index contributed by atoms with van der Waals surface area (Å²) in [7, 11) is 1.72. The Labute approximate surface area is 193 Å². The Morgan fingerprint density at radius 3 is 2.58 bits per heavy atom. The van der Waals surface area contributed by atoms with Gasteiger partial charge >= 0.3 is 5.97 Å². The zero-order valence-corrected chi connectivity index (χ0v) is 18.5. The summed E-state index contributed by atoms with van der Waals surface area (Å²) in [4.78, 5) is 36.7. The molecule has 0 saturated carbocycles. The molecule has 0 amide bonds. The first-order valence-corrected chi connectivity index (χ1v) is 10.5. The molecule has 5 rings (SSSR count). The van der Waals surface area contributed by atoms with Crippen LogP contribution in [0.3, 0.4) is 0 Å². The minimum atomic E-state index is -1.08. The highest BCUT2D eigenvalue weighted by Gasteiger charge is 2.15. The lowest BCUT2D eigenvalue weighted by molar-refractivity contribution is 0.0690. The molecule has 1 aromatic carbocycles. The maximum Gasteiger partial charge on any atom is 0.354 e. The number of rotatable bonds is 3. The Hall–Kier alpha value is -4.10. The van der Waals surface area contributed by atoms with Crippen molar-refractivity contribution in [2.24, 2.45) is 7.05 Å². The van der Waals surface area contributed by atoms with Gasteiger partial charge in [0.15, 0.2) is 0 Å². The molecule has 0 aliphatic heterocycles. The van der Waals surface area contributed by atoms with E-state index < -0.39 is 5.97 Å². The lowest BCUT2D eigenvalue weighted by Gasteiger charge is -2.13. The SMILES string of the molecule is Cc1cc2c(-c3cccc4cc(-c5ccc(C(=O)O)nc5)ncc34)nc(Cl)cc2n(C)c1=O. The molecule has 33 heavy (non-hydrogen) atoms. The van der Waals surface area contributed by atoms with Crippen LogP contribution >= 0.6 is 11.6 Å². The molecule has 0 unspecified atom stereocenters. The predicted molar refractivity (Wildman–Crippen MR) is 128 cm³/mol. The number of aromatic carboxylic acids is 1. The van der Waals surface area contributed by atoms with Crippen LogP contribution < -0.4 is 5.56 Å². The lowest BCUT2D eigenvalue weighted by Crippen LogP contribution is -2.19. The van der Waals surface area contributed by atoms with Crippen LogP contribution in [0, 0.1) is 6.92 Å². The third kappa shape index (κ3) is 3.52. The van der Waals surface area contributed by atoms with Gasteiger partial charge in [-0.2, -0.15) is 0 Å². The van der Waals surface area contributed by atoms with Crippen LogP contribution in [0.25, 0.3) is 44.2 Å². The Morgan fingerprint density at radius 1 is 1.03 bits per heavy atom. The van der Waals surface area contributed by atoms with Crippen molar-refractivity contribution in [3.8, 4) is 22.5 Å². The first kappa shape index (κ1) is 20.8. The van der Waals surface area contributed by atoms with Gasteiger partial charge in [0.1, 0.15) is 10.8 Å². The van der Waals surface area contributed by atoms with Crippen LogP contribution in [0.1, 0.15) is 16.1 Å². The summed E-state index contributed by atoms with van der Waals surface area (Å²) in [6, 6.07) is 14.4. The van der Waals surface area contributed by atoms with Crippen molar-refractivity contribution in [3.05, 3.63) is 87.7 Å². The summed E-state index contributed by atoms with van der Waals surface area (Å²) in [5.74, 6) is -1.08. The van der Waals surface area contributed by atoms with Crippen LogP contribution in [-0.2, 0) is 7.05 Å². The fraction of sp³-hybridized carbons (Fsp3) is 0.0800. The number of nitrogens with zero attached hydrogens (tertiary/aromatic N) is 4.